The molecular weight excluding hydrogens is 218 g/mol. The van der Waals surface area contributed by atoms with E-state index in [1.807, 2.05) is 12.1 Å². The zero-order chi connectivity index (χ0) is 12.7. The Morgan fingerprint density at radius 2 is 1.65 bits per heavy atom. The summed E-state index contributed by atoms with van der Waals surface area (Å²) in [6.07, 6.45) is 1.88. The topological polar surface area (TPSA) is 53.7 Å². The number of hydrogen-bond acceptors (Lipinski definition) is 4. The highest BCUT2D eigenvalue weighted by Crippen LogP contribution is 2.31. The van der Waals surface area contributed by atoms with Crippen molar-refractivity contribution in [3.63, 3.8) is 0 Å². The van der Waals surface area contributed by atoms with Gasteiger partial charge in [-0.2, -0.15) is 0 Å². The third-order valence-corrected chi connectivity index (χ3v) is 2.63. The number of nitrogens with two attached hydrogens (primary N) is 1. The first-order chi connectivity index (χ1) is 8.26. The Labute approximate surface area is 103 Å². The van der Waals surface area contributed by atoms with Crippen LogP contribution in [0, 0.1) is 0 Å². The van der Waals surface area contributed by atoms with Crippen molar-refractivity contribution in [3.05, 3.63) is 23.3 Å². The van der Waals surface area contributed by atoms with Crippen LogP contribution in [0.2, 0.25) is 0 Å². The van der Waals surface area contributed by atoms with Gasteiger partial charge in [0.05, 0.1) is 26.4 Å². The monoisotopic (exact) mass is 239 g/mol. The smallest absolute Gasteiger partial charge is 0.128 e. The Hall–Kier alpha value is -1.26. The number of hydrogen-bond donors (Lipinski definition) is 1. The highest BCUT2D eigenvalue weighted by Gasteiger charge is 2.12. The first-order valence-corrected chi connectivity index (χ1v) is 5.69. The van der Waals surface area contributed by atoms with Crippen molar-refractivity contribution in [1.29, 1.82) is 0 Å². The number of benzene rings is 1. The van der Waals surface area contributed by atoms with Crippen LogP contribution in [0.15, 0.2) is 12.1 Å². The minimum Gasteiger partial charge on any atom is -0.496 e. The largest absolute Gasteiger partial charge is 0.496 e. The van der Waals surface area contributed by atoms with Crippen LogP contribution >= 0.6 is 0 Å². The van der Waals surface area contributed by atoms with Gasteiger partial charge in [0.25, 0.3) is 0 Å². The zero-order valence-corrected chi connectivity index (χ0v) is 10.8. The summed E-state index contributed by atoms with van der Waals surface area (Å²) in [5.41, 5.74) is 7.62. The summed E-state index contributed by atoms with van der Waals surface area (Å²) >= 11 is 0. The van der Waals surface area contributed by atoms with Crippen molar-refractivity contribution in [3.8, 4) is 11.5 Å². The molecule has 0 aromatic heterocycles. The summed E-state index contributed by atoms with van der Waals surface area (Å²) in [5, 5.41) is 0. The fourth-order valence-corrected chi connectivity index (χ4v) is 1.78. The molecule has 0 fully saturated rings. The lowest BCUT2D eigenvalue weighted by Crippen LogP contribution is -2.03. The van der Waals surface area contributed by atoms with Crippen molar-refractivity contribution in [1.82, 2.24) is 0 Å². The van der Waals surface area contributed by atoms with E-state index in [1.54, 1.807) is 21.3 Å². The van der Waals surface area contributed by atoms with E-state index in [2.05, 4.69) is 0 Å². The molecule has 17 heavy (non-hydrogen) atoms. The molecule has 0 saturated carbocycles. The van der Waals surface area contributed by atoms with E-state index in [-0.39, 0.29) is 0 Å². The van der Waals surface area contributed by atoms with Crippen LogP contribution in [-0.4, -0.2) is 27.9 Å². The van der Waals surface area contributed by atoms with Crippen LogP contribution in [0.4, 0.5) is 0 Å². The van der Waals surface area contributed by atoms with E-state index in [0.717, 1.165) is 29.9 Å². The molecule has 1 aromatic rings. The molecule has 4 nitrogen and oxygen atoms in total. The molecule has 0 atom stereocenters. The fraction of sp³-hybridized carbons (Fsp3) is 0.538. The fourth-order valence-electron chi connectivity index (χ4n) is 1.78. The molecule has 4 heteroatoms. The number of aryl methyl sites for hydroxylation is 1. The van der Waals surface area contributed by atoms with E-state index in [0.29, 0.717) is 13.2 Å². The molecule has 1 rings (SSSR count). The SMILES string of the molecule is COCc1c(OC)cc(CCCN)cc1OC. The van der Waals surface area contributed by atoms with Gasteiger partial charge in [-0.25, -0.2) is 0 Å². The van der Waals surface area contributed by atoms with Crippen LogP contribution in [-0.2, 0) is 17.8 Å². The Balaban J connectivity index is 3.05. The predicted octanol–water partition coefficient (Wildman–Crippen LogP) is 1.74. The van der Waals surface area contributed by atoms with Gasteiger partial charge in [0.15, 0.2) is 0 Å². The van der Waals surface area contributed by atoms with Crippen molar-refractivity contribution < 1.29 is 14.2 Å². The van der Waals surface area contributed by atoms with Crippen LogP contribution in [0.1, 0.15) is 17.5 Å². The maximum absolute atomic E-state index is 5.51. The minimum absolute atomic E-state index is 0.476. The first-order valence-electron chi connectivity index (χ1n) is 5.69. The molecule has 0 spiro atoms. The van der Waals surface area contributed by atoms with Crippen molar-refractivity contribution in [2.75, 3.05) is 27.9 Å². The average molecular weight is 239 g/mol. The summed E-state index contributed by atoms with van der Waals surface area (Å²) in [6.45, 7) is 1.16. The van der Waals surface area contributed by atoms with Crippen LogP contribution < -0.4 is 15.2 Å². The lowest BCUT2D eigenvalue weighted by Gasteiger charge is -2.14. The summed E-state index contributed by atoms with van der Waals surface area (Å²) in [6, 6.07) is 4.04. The van der Waals surface area contributed by atoms with E-state index < -0.39 is 0 Å². The van der Waals surface area contributed by atoms with Gasteiger partial charge in [0.1, 0.15) is 11.5 Å². The van der Waals surface area contributed by atoms with Gasteiger partial charge < -0.3 is 19.9 Å². The Morgan fingerprint density at radius 3 is 2.06 bits per heavy atom. The summed E-state index contributed by atoms with van der Waals surface area (Å²) in [4.78, 5) is 0. The normalized spacial score (nSPS) is 10.4. The lowest BCUT2D eigenvalue weighted by atomic mass is 10.0. The third kappa shape index (κ3) is 3.61. The van der Waals surface area contributed by atoms with Gasteiger partial charge in [-0.3, -0.25) is 0 Å². The van der Waals surface area contributed by atoms with E-state index in [9.17, 15) is 0 Å². The Morgan fingerprint density at radius 1 is 1.06 bits per heavy atom. The molecule has 2 N–H and O–H groups in total. The molecule has 0 unspecified atom stereocenters. The predicted molar refractivity (Wildman–Crippen MR) is 67.6 cm³/mol. The number of methoxy groups -OCH3 is 3. The van der Waals surface area contributed by atoms with Crippen LogP contribution in [0.25, 0.3) is 0 Å². The number of ether oxygens (including phenoxy) is 3. The molecule has 1 aromatic carbocycles. The van der Waals surface area contributed by atoms with Crippen molar-refractivity contribution >= 4 is 0 Å². The third-order valence-electron chi connectivity index (χ3n) is 2.63. The maximum atomic E-state index is 5.51. The molecule has 96 valence electrons. The van der Waals surface area contributed by atoms with Gasteiger partial charge >= 0.3 is 0 Å². The second kappa shape index (κ2) is 7.14. The van der Waals surface area contributed by atoms with Gasteiger partial charge in [-0.05, 0) is 37.1 Å². The highest BCUT2D eigenvalue weighted by molar-refractivity contribution is 5.47. The average Bonchev–Trinajstić information content (AvgIpc) is 2.37. The second-order valence-electron chi connectivity index (χ2n) is 3.80. The first kappa shape index (κ1) is 13.8. The van der Waals surface area contributed by atoms with E-state index in [1.165, 1.54) is 5.56 Å². The maximum Gasteiger partial charge on any atom is 0.128 e. The summed E-state index contributed by atoms with van der Waals surface area (Å²) < 4.78 is 15.9. The molecule has 0 saturated heterocycles. The van der Waals surface area contributed by atoms with E-state index >= 15 is 0 Å². The molecule has 0 aliphatic rings. The molecule has 0 aliphatic carbocycles. The van der Waals surface area contributed by atoms with Gasteiger partial charge in [-0.1, -0.05) is 0 Å². The molecular formula is C13H21NO3. The molecule has 0 aliphatic heterocycles. The van der Waals surface area contributed by atoms with Crippen molar-refractivity contribution in [2.24, 2.45) is 5.73 Å². The second-order valence-corrected chi connectivity index (χ2v) is 3.80. The molecule has 0 heterocycles. The van der Waals surface area contributed by atoms with Gasteiger partial charge in [0, 0.05) is 7.11 Å². The lowest BCUT2D eigenvalue weighted by molar-refractivity contribution is 0.178. The molecule has 0 bridgehead atoms. The zero-order valence-electron chi connectivity index (χ0n) is 10.8. The van der Waals surface area contributed by atoms with Gasteiger partial charge in [0.2, 0.25) is 0 Å². The van der Waals surface area contributed by atoms with Gasteiger partial charge in [-0.15, -0.1) is 0 Å². The molecule has 0 amide bonds. The minimum atomic E-state index is 0.476. The van der Waals surface area contributed by atoms with Crippen LogP contribution in [0.3, 0.4) is 0 Å². The molecule has 0 radical (unpaired) electrons. The standard InChI is InChI=1S/C13H21NO3/c1-15-9-11-12(16-2)7-10(5-4-6-14)8-13(11)17-3/h7-8H,4-6,9,14H2,1-3H3. The van der Waals surface area contributed by atoms with Crippen LogP contribution in [0.5, 0.6) is 11.5 Å². The Kier molecular flexibility index (Phi) is 5.80. The quantitative estimate of drug-likeness (QED) is 0.787. The summed E-state index contributed by atoms with van der Waals surface area (Å²) in [5.74, 6) is 1.61. The van der Waals surface area contributed by atoms with E-state index in [4.69, 9.17) is 19.9 Å². The van der Waals surface area contributed by atoms with Crippen molar-refractivity contribution in [2.45, 2.75) is 19.4 Å². The Bertz CT molecular complexity index is 328. The summed E-state index contributed by atoms with van der Waals surface area (Å²) in [7, 11) is 4.96. The number of rotatable bonds is 7. The highest BCUT2D eigenvalue weighted by atomic mass is 16.5.